The number of ether oxygens (including phenoxy) is 1. The first-order valence-corrected chi connectivity index (χ1v) is 9.76. The van der Waals surface area contributed by atoms with E-state index in [0.29, 0.717) is 28.5 Å². The second-order valence-electron chi connectivity index (χ2n) is 7.20. The molecule has 0 spiro atoms. The average Bonchev–Trinajstić information content (AvgIpc) is 3.08. The van der Waals surface area contributed by atoms with Crippen molar-refractivity contribution >= 4 is 22.8 Å². The summed E-state index contributed by atoms with van der Waals surface area (Å²) in [6, 6.07) is 6.40. The second-order valence-corrected chi connectivity index (χ2v) is 7.20. The van der Waals surface area contributed by atoms with E-state index in [0.717, 1.165) is 6.20 Å². The SMILES string of the molecule is C[CH]Oc1ccc(Nc2ncc(F)c(-c3cc(F)c4nc(C)n(C(C)C)c4c3)n2)nc1. The summed E-state index contributed by atoms with van der Waals surface area (Å²) in [4.78, 5) is 16.7. The maximum atomic E-state index is 14.8. The van der Waals surface area contributed by atoms with Crippen LogP contribution in [0.15, 0.2) is 36.7 Å². The van der Waals surface area contributed by atoms with Gasteiger partial charge in [0.25, 0.3) is 0 Å². The van der Waals surface area contributed by atoms with Crippen LogP contribution < -0.4 is 10.1 Å². The van der Waals surface area contributed by atoms with Crippen LogP contribution in [0.5, 0.6) is 5.75 Å². The lowest BCUT2D eigenvalue weighted by molar-refractivity contribution is 0.415. The average molecular weight is 423 g/mol. The topological polar surface area (TPSA) is 77.8 Å². The number of rotatable bonds is 6. The monoisotopic (exact) mass is 423 g/mol. The summed E-state index contributed by atoms with van der Waals surface area (Å²) in [6.45, 7) is 9.08. The molecule has 159 valence electrons. The highest BCUT2D eigenvalue weighted by molar-refractivity contribution is 5.83. The molecular formula is C22H21F2N6O. The van der Waals surface area contributed by atoms with Gasteiger partial charge in [0.2, 0.25) is 5.95 Å². The molecule has 4 rings (SSSR count). The van der Waals surface area contributed by atoms with Gasteiger partial charge in [0.05, 0.1) is 17.9 Å². The summed E-state index contributed by atoms with van der Waals surface area (Å²) in [5.74, 6) is 0.657. The summed E-state index contributed by atoms with van der Waals surface area (Å²) >= 11 is 0. The van der Waals surface area contributed by atoms with Gasteiger partial charge >= 0.3 is 0 Å². The van der Waals surface area contributed by atoms with E-state index in [1.807, 2.05) is 25.3 Å². The minimum absolute atomic E-state index is 0.0204. The molecule has 0 amide bonds. The van der Waals surface area contributed by atoms with Crippen LogP contribution >= 0.6 is 0 Å². The van der Waals surface area contributed by atoms with Gasteiger partial charge in [-0.25, -0.2) is 28.7 Å². The van der Waals surface area contributed by atoms with Gasteiger partial charge in [-0.1, -0.05) is 0 Å². The molecular weight excluding hydrogens is 402 g/mol. The molecule has 7 nitrogen and oxygen atoms in total. The maximum absolute atomic E-state index is 14.8. The van der Waals surface area contributed by atoms with Crippen molar-refractivity contribution in [2.24, 2.45) is 0 Å². The molecule has 3 aromatic heterocycles. The van der Waals surface area contributed by atoms with Crippen LogP contribution in [-0.4, -0.2) is 24.5 Å². The van der Waals surface area contributed by atoms with Gasteiger partial charge in [-0.15, -0.1) is 0 Å². The van der Waals surface area contributed by atoms with E-state index in [-0.39, 0.29) is 23.2 Å². The highest BCUT2D eigenvalue weighted by Crippen LogP contribution is 2.30. The van der Waals surface area contributed by atoms with Gasteiger partial charge in [-0.2, -0.15) is 0 Å². The lowest BCUT2D eigenvalue weighted by atomic mass is 10.1. The third kappa shape index (κ3) is 4.03. The van der Waals surface area contributed by atoms with E-state index in [1.54, 1.807) is 31.7 Å². The molecule has 1 N–H and O–H groups in total. The molecule has 0 saturated heterocycles. The van der Waals surface area contributed by atoms with E-state index in [2.05, 4.69) is 25.3 Å². The van der Waals surface area contributed by atoms with E-state index in [1.165, 1.54) is 12.3 Å². The lowest BCUT2D eigenvalue weighted by Gasteiger charge is -2.12. The smallest absolute Gasteiger partial charge is 0.229 e. The molecule has 4 aromatic rings. The summed E-state index contributed by atoms with van der Waals surface area (Å²) in [7, 11) is 0. The maximum Gasteiger partial charge on any atom is 0.229 e. The quantitative estimate of drug-likeness (QED) is 0.450. The molecule has 3 heterocycles. The van der Waals surface area contributed by atoms with Gasteiger partial charge in [-0.3, -0.25) is 0 Å². The number of fused-ring (bicyclic) bond motifs is 1. The molecule has 0 saturated carbocycles. The zero-order valence-electron chi connectivity index (χ0n) is 17.5. The Morgan fingerprint density at radius 3 is 2.55 bits per heavy atom. The number of hydrogen-bond donors (Lipinski definition) is 1. The molecule has 0 aliphatic rings. The van der Waals surface area contributed by atoms with E-state index >= 15 is 0 Å². The second kappa shape index (κ2) is 8.25. The van der Waals surface area contributed by atoms with Crippen molar-refractivity contribution in [3.63, 3.8) is 0 Å². The minimum Gasteiger partial charge on any atom is -0.485 e. The summed E-state index contributed by atoms with van der Waals surface area (Å²) < 4.78 is 36.5. The molecule has 0 bridgehead atoms. The Morgan fingerprint density at radius 1 is 1.06 bits per heavy atom. The largest absolute Gasteiger partial charge is 0.485 e. The Balaban J connectivity index is 1.73. The summed E-state index contributed by atoms with van der Waals surface area (Å²) in [5, 5.41) is 2.92. The first-order chi connectivity index (χ1) is 14.9. The molecule has 0 atom stereocenters. The van der Waals surface area contributed by atoms with E-state index in [4.69, 9.17) is 4.74 Å². The summed E-state index contributed by atoms with van der Waals surface area (Å²) in [5.41, 5.74) is 1.11. The Kier molecular flexibility index (Phi) is 5.50. The Bertz CT molecular complexity index is 1240. The highest BCUT2D eigenvalue weighted by Gasteiger charge is 2.18. The molecule has 31 heavy (non-hydrogen) atoms. The number of nitrogens with zero attached hydrogens (tertiary/aromatic N) is 5. The van der Waals surface area contributed by atoms with Gasteiger partial charge in [-0.05, 0) is 52.0 Å². The van der Waals surface area contributed by atoms with Crippen LogP contribution in [0.3, 0.4) is 0 Å². The van der Waals surface area contributed by atoms with Crippen molar-refractivity contribution in [2.75, 3.05) is 5.32 Å². The number of aryl methyl sites for hydroxylation is 1. The molecule has 1 radical (unpaired) electrons. The fourth-order valence-corrected chi connectivity index (χ4v) is 3.46. The van der Waals surface area contributed by atoms with Crippen molar-refractivity contribution in [3.05, 3.63) is 60.7 Å². The zero-order chi connectivity index (χ0) is 22.1. The van der Waals surface area contributed by atoms with Crippen LogP contribution in [0.25, 0.3) is 22.3 Å². The summed E-state index contributed by atoms with van der Waals surface area (Å²) in [6.07, 6.45) is 2.58. The van der Waals surface area contributed by atoms with Gasteiger partial charge in [0, 0.05) is 11.6 Å². The van der Waals surface area contributed by atoms with Crippen LogP contribution in [0.4, 0.5) is 20.5 Å². The van der Waals surface area contributed by atoms with Gasteiger partial charge in [0.15, 0.2) is 11.6 Å². The number of anilines is 2. The van der Waals surface area contributed by atoms with Crippen LogP contribution in [0.1, 0.15) is 32.6 Å². The van der Waals surface area contributed by atoms with E-state index in [9.17, 15) is 8.78 Å². The number of pyridine rings is 1. The molecule has 9 heteroatoms. The van der Waals surface area contributed by atoms with Crippen molar-refractivity contribution in [2.45, 2.75) is 33.7 Å². The minimum atomic E-state index is -0.660. The standard InChI is InChI=1S/C22H21F2N6O/c1-5-31-15-6-7-19(25-10-15)28-22-26-11-17(24)20(29-22)14-8-16(23)21-18(9-14)30(12(2)3)13(4)27-21/h5-12H,1-4H3,(H,25,26,28,29). The normalized spacial score (nSPS) is 11.3. The zero-order valence-corrected chi connectivity index (χ0v) is 17.5. The highest BCUT2D eigenvalue weighted by atomic mass is 19.1. The predicted octanol–water partition coefficient (Wildman–Crippen LogP) is 5.36. The third-order valence-corrected chi connectivity index (χ3v) is 4.69. The number of benzene rings is 1. The van der Waals surface area contributed by atoms with Crippen molar-refractivity contribution in [1.82, 2.24) is 24.5 Å². The van der Waals surface area contributed by atoms with Crippen molar-refractivity contribution in [1.29, 1.82) is 0 Å². The Labute approximate surface area is 178 Å². The molecule has 1 aromatic carbocycles. The van der Waals surface area contributed by atoms with Crippen LogP contribution in [0.2, 0.25) is 0 Å². The fourth-order valence-electron chi connectivity index (χ4n) is 3.46. The van der Waals surface area contributed by atoms with Gasteiger partial charge < -0.3 is 14.6 Å². The fraction of sp³-hybridized carbons (Fsp3) is 0.227. The predicted molar refractivity (Wildman–Crippen MR) is 114 cm³/mol. The van der Waals surface area contributed by atoms with Crippen LogP contribution in [-0.2, 0) is 0 Å². The Morgan fingerprint density at radius 2 is 1.87 bits per heavy atom. The first-order valence-electron chi connectivity index (χ1n) is 9.76. The number of halogens is 2. The molecule has 0 fully saturated rings. The van der Waals surface area contributed by atoms with Crippen molar-refractivity contribution < 1.29 is 13.5 Å². The van der Waals surface area contributed by atoms with Crippen LogP contribution in [0, 0.1) is 25.2 Å². The number of hydrogen-bond acceptors (Lipinski definition) is 6. The molecule has 0 aliphatic carbocycles. The Hall–Kier alpha value is -3.62. The van der Waals surface area contributed by atoms with Crippen molar-refractivity contribution in [3.8, 4) is 17.0 Å². The number of imidazole rings is 1. The van der Waals surface area contributed by atoms with Gasteiger partial charge in [0.1, 0.15) is 35.2 Å². The lowest BCUT2D eigenvalue weighted by Crippen LogP contribution is -2.04. The number of aromatic nitrogens is 5. The molecule has 0 unspecified atom stereocenters. The number of nitrogens with one attached hydrogen (secondary N) is 1. The third-order valence-electron chi connectivity index (χ3n) is 4.69. The molecule has 0 aliphatic heterocycles. The van der Waals surface area contributed by atoms with E-state index < -0.39 is 11.6 Å². The first kappa shape index (κ1) is 20.6.